The van der Waals surface area contributed by atoms with Crippen LogP contribution < -0.4 is 5.32 Å². The van der Waals surface area contributed by atoms with Gasteiger partial charge in [-0.05, 0) is 18.4 Å². The van der Waals surface area contributed by atoms with Crippen molar-refractivity contribution in [1.82, 2.24) is 10.2 Å². The summed E-state index contributed by atoms with van der Waals surface area (Å²) >= 11 is 0. The molecule has 1 saturated carbocycles. The van der Waals surface area contributed by atoms with E-state index in [1.807, 2.05) is 30.1 Å². The van der Waals surface area contributed by atoms with Crippen molar-refractivity contribution in [2.45, 2.75) is 57.5 Å². The minimum Gasteiger partial charge on any atom is -0.341 e. The maximum absolute atomic E-state index is 12.1. The van der Waals surface area contributed by atoms with Crippen LogP contribution in [0.3, 0.4) is 0 Å². The third-order valence-corrected chi connectivity index (χ3v) is 4.32. The first-order valence-electron chi connectivity index (χ1n) is 8.27. The minimum absolute atomic E-state index is 0.222. The first-order chi connectivity index (χ1) is 10.3. The third kappa shape index (κ3) is 5.88. The molecule has 1 aliphatic carbocycles. The van der Waals surface area contributed by atoms with Crippen LogP contribution in [0.4, 0.5) is 0 Å². The summed E-state index contributed by atoms with van der Waals surface area (Å²) in [7, 11) is 1.89. The first-order valence-corrected chi connectivity index (χ1v) is 8.27. The van der Waals surface area contributed by atoms with Gasteiger partial charge < -0.3 is 10.2 Å². The molecule has 1 fully saturated rings. The van der Waals surface area contributed by atoms with Crippen molar-refractivity contribution in [3.8, 4) is 0 Å². The van der Waals surface area contributed by atoms with Gasteiger partial charge in [-0.2, -0.15) is 0 Å². The van der Waals surface area contributed by atoms with Gasteiger partial charge in [0.2, 0.25) is 5.91 Å². The number of rotatable bonds is 6. The molecule has 0 aliphatic heterocycles. The van der Waals surface area contributed by atoms with E-state index in [2.05, 4.69) is 17.4 Å². The Morgan fingerprint density at radius 2 is 1.81 bits per heavy atom. The quantitative estimate of drug-likeness (QED) is 0.814. The second kappa shape index (κ2) is 8.83. The van der Waals surface area contributed by atoms with Crippen molar-refractivity contribution in [2.75, 3.05) is 13.6 Å². The largest absolute Gasteiger partial charge is 0.341 e. The molecule has 1 amide bonds. The van der Waals surface area contributed by atoms with Crippen LogP contribution in [-0.2, 0) is 11.3 Å². The van der Waals surface area contributed by atoms with E-state index in [0.29, 0.717) is 19.0 Å². The van der Waals surface area contributed by atoms with Gasteiger partial charge in [0.25, 0.3) is 0 Å². The Morgan fingerprint density at radius 3 is 2.48 bits per heavy atom. The Kier molecular flexibility index (Phi) is 6.74. The summed E-state index contributed by atoms with van der Waals surface area (Å²) in [6.45, 7) is 1.51. The normalized spacial score (nSPS) is 16.4. The zero-order chi connectivity index (χ0) is 14.9. The maximum atomic E-state index is 12.1. The van der Waals surface area contributed by atoms with E-state index < -0.39 is 0 Å². The number of carbonyl (C=O) groups excluding carboxylic acids is 1. The zero-order valence-corrected chi connectivity index (χ0v) is 13.2. The molecule has 0 atom stereocenters. The van der Waals surface area contributed by atoms with E-state index in [-0.39, 0.29) is 5.91 Å². The standard InChI is InChI=1S/C18H28N2O/c1-20(15-16-9-5-4-6-10-16)18(21)13-14-19-17-11-7-2-3-8-12-17/h4-6,9-10,17,19H,2-3,7-8,11-15H2,1H3. The van der Waals surface area contributed by atoms with Gasteiger partial charge in [-0.1, -0.05) is 56.0 Å². The van der Waals surface area contributed by atoms with Crippen LogP contribution in [0.5, 0.6) is 0 Å². The van der Waals surface area contributed by atoms with Gasteiger partial charge in [-0.15, -0.1) is 0 Å². The van der Waals surface area contributed by atoms with E-state index in [9.17, 15) is 4.79 Å². The summed E-state index contributed by atoms with van der Waals surface area (Å²) in [5, 5.41) is 3.56. The Morgan fingerprint density at radius 1 is 1.14 bits per heavy atom. The fourth-order valence-corrected chi connectivity index (χ4v) is 3.00. The van der Waals surface area contributed by atoms with Crippen molar-refractivity contribution in [3.05, 3.63) is 35.9 Å². The molecular formula is C18H28N2O. The van der Waals surface area contributed by atoms with Gasteiger partial charge >= 0.3 is 0 Å². The average molecular weight is 288 g/mol. The highest BCUT2D eigenvalue weighted by atomic mass is 16.2. The number of hydrogen-bond acceptors (Lipinski definition) is 2. The van der Waals surface area contributed by atoms with Gasteiger partial charge in [0, 0.05) is 32.6 Å². The second-order valence-corrected chi connectivity index (χ2v) is 6.13. The summed E-state index contributed by atoms with van der Waals surface area (Å²) in [6, 6.07) is 10.8. The first kappa shape index (κ1) is 16.0. The molecule has 1 aliphatic rings. The highest BCUT2D eigenvalue weighted by Gasteiger charge is 2.13. The lowest BCUT2D eigenvalue weighted by Crippen LogP contribution is -2.34. The molecule has 1 aromatic carbocycles. The van der Waals surface area contributed by atoms with Gasteiger partial charge in [0.1, 0.15) is 0 Å². The van der Waals surface area contributed by atoms with Crippen LogP contribution in [0.1, 0.15) is 50.5 Å². The third-order valence-electron chi connectivity index (χ3n) is 4.32. The summed E-state index contributed by atoms with van der Waals surface area (Å²) in [5.41, 5.74) is 1.19. The molecule has 3 heteroatoms. The van der Waals surface area contributed by atoms with Gasteiger partial charge in [0.15, 0.2) is 0 Å². The number of hydrogen-bond donors (Lipinski definition) is 1. The molecule has 0 spiro atoms. The fraction of sp³-hybridized carbons (Fsp3) is 0.611. The topological polar surface area (TPSA) is 32.3 Å². The molecule has 2 rings (SSSR count). The lowest BCUT2D eigenvalue weighted by Gasteiger charge is -2.19. The van der Waals surface area contributed by atoms with E-state index in [1.165, 1.54) is 44.1 Å². The van der Waals surface area contributed by atoms with E-state index in [0.717, 1.165) is 6.54 Å². The van der Waals surface area contributed by atoms with Crippen molar-refractivity contribution >= 4 is 5.91 Å². The zero-order valence-electron chi connectivity index (χ0n) is 13.2. The number of carbonyl (C=O) groups is 1. The van der Waals surface area contributed by atoms with E-state index in [4.69, 9.17) is 0 Å². The highest BCUT2D eigenvalue weighted by Crippen LogP contribution is 2.17. The Labute approximate surface area is 128 Å². The number of nitrogens with zero attached hydrogens (tertiary/aromatic N) is 1. The van der Waals surface area contributed by atoms with Crippen molar-refractivity contribution in [2.24, 2.45) is 0 Å². The molecular weight excluding hydrogens is 260 g/mol. The molecule has 3 nitrogen and oxygen atoms in total. The van der Waals surface area contributed by atoms with Gasteiger partial charge in [-0.25, -0.2) is 0 Å². The maximum Gasteiger partial charge on any atom is 0.223 e. The Bertz CT molecular complexity index is 410. The van der Waals surface area contributed by atoms with Crippen molar-refractivity contribution in [1.29, 1.82) is 0 Å². The smallest absolute Gasteiger partial charge is 0.223 e. The lowest BCUT2D eigenvalue weighted by molar-refractivity contribution is -0.130. The van der Waals surface area contributed by atoms with Crippen molar-refractivity contribution < 1.29 is 4.79 Å². The number of nitrogens with one attached hydrogen (secondary N) is 1. The SMILES string of the molecule is CN(Cc1ccccc1)C(=O)CCNC1CCCCCC1. The molecule has 116 valence electrons. The molecule has 1 N–H and O–H groups in total. The van der Waals surface area contributed by atoms with Gasteiger partial charge in [-0.3, -0.25) is 4.79 Å². The number of amides is 1. The molecule has 0 unspecified atom stereocenters. The highest BCUT2D eigenvalue weighted by molar-refractivity contribution is 5.76. The van der Waals surface area contributed by atoms with Crippen LogP contribution in [-0.4, -0.2) is 30.4 Å². The predicted molar refractivity (Wildman–Crippen MR) is 87.0 cm³/mol. The molecule has 1 aromatic rings. The van der Waals surface area contributed by atoms with Crippen LogP contribution in [0.2, 0.25) is 0 Å². The average Bonchev–Trinajstić information content (AvgIpc) is 2.77. The van der Waals surface area contributed by atoms with E-state index >= 15 is 0 Å². The summed E-state index contributed by atoms with van der Waals surface area (Å²) in [6.07, 6.45) is 8.55. The molecule has 0 aromatic heterocycles. The van der Waals surface area contributed by atoms with Crippen LogP contribution >= 0.6 is 0 Å². The predicted octanol–water partition coefficient (Wildman–Crippen LogP) is 3.35. The fourth-order valence-electron chi connectivity index (χ4n) is 3.00. The van der Waals surface area contributed by atoms with Crippen LogP contribution in [0.15, 0.2) is 30.3 Å². The van der Waals surface area contributed by atoms with Gasteiger partial charge in [0.05, 0.1) is 0 Å². The van der Waals surface area contributed by atoms with Crippen LogP contribution in [0.25, 0.3) is 0 Å². The molecule has 0 bridgehead atoms. The molecule has 21 heavy (non-hydrogen) atoms. The molecule has 0 heterocycles. The summed E-state index contributed by atoms with van der Waals surface area (Å²) in [5.74, 6) is 0.222. The monoisotopic (exact) mass is 288 g/mol. The van der Waals surface area contributed by atoms with Crippen LogP contribution in [0, 0.1) is 0 Å². The summed E-state index contributed by atoms with van der Waals surface area (Å²) in [4.78, 5) is 14.0. The minimum atomic E-state index is 0.222. The summed E-state index contributed by atoms with van der Waals surface area (Å²) < 4.78 is 0. The van der Waals surface area contributed by atoms with Crippen molar-refractivity contribution in [3.63, 3.8) is 0 Å². The number of benzene rings is 1. The lowest BCUT2D eigenvalue weighted by atomic mass is 10.1. The molecule has 0 saturated heterocycles. The Hall–Kier alpha value is -1.35. The second-order valence-electron chi connectivity index (χ2n) is 6.13. The molecule has 0 radical (unpaired) electrons. The Balaban J connectivity index is 1.66. The van der Waals surface area contributed by atoms with E-state index in [1.54, 1.807) is 0 Å².